The fraction of sp³-hybridized carbons (Fsp3) is 0.588. The normalized spacial score (nSPS) is 16.9. The van der Waals surface area contributed by atoms with Gasteiger partial charge in [-0.3, -0.25) is 10.00 Å². The standard InChI is InChI=1S/C17H26N4/c1-21(10-9-18)12-17-15-11-14(7-8-16(15)19-20-17)13-5-3-2-4-6-13/h7-8,11,13H,2-6,9-10,12,18H2,1H3,(H,19,20). The Labute approximate surface area is 126 Å². The summed E-state index contributed by atoms with van der Waals surface area (Å²) >= 11 is 0. The van der Waals surface area contributed by atoms with Crippen LogP contribution in [0.1, 0.15) is 49.3 Å². The van der Waals surface area contributed by atoms with Gasteiger partial charge >= 0.3 is 0 Å². The summed E-state index contributed by atoms with van der Waals surface area (Å²) in [5, 5.41) is 8.92. The zero-order chi connectivity index (χ0) is 14.7. The number of fused-ring (bicyclic) bond motifs is 1. The molecule has 3 N–H and O–H groups in total. The molecule has 1 fully saturated rings. The van der Waals surface area contributed by atoms with E-state index >= 15 is 0 Å². The van der Waals surface area contributed by atoms with Gasteiger partial charge in [0, 0.05) is 25.0 Å². The molecule has 1 aliphatic rings. The maximum absolute atomic E-state index is 5.63. The third-order valence-corrected chi connectivity index (χ3v) is 4.67. The predicted molar refractivity (Wildman–Crippen MR) is 87.3 cm³/mol. The summed E-state index contributed by atoms with van der Waals surface area (Å²) in [6, 6.07) is 6.80. The van der Waals surface area contributed by atoms with E-state index in [4.69, 9.17) is 5.73 Å². The highest BCUT2D eigenvalue weighted by Gasteiger charge is 2.17. The fourth-order valence-electron chi connectivity index (χ4n) is 3.46. The van der Waals surface area contributed by atoms with E-state index in [1.54, 1.807) is 0 Å². The number of aromatic nitrogens is 2. The van der Waals surface area contributed by atoms with Crippen LogP contribution in [0.25, 0.3) is 10.9 Å². The van der Waals surface area contributed by atoms with Gasteiger partial charge in [-0.2, -0.15) is 5.10 Å². The summed E-state index contributed by atoms with van der Waals surface area (Å²) in [7, 11) is 2.10. The lowest BCUT2D eigenvalue weighted by Gasteiger charge is -2.22. The van der Waals surface area contributed by atoms with Crippen molar-refractivity contribution in [3.8, 4) is 0 Å². The topological polar surface area (TPSA) is 57.9 Å². The molecule has 2 aromatic rings. The molecule has 0 bridgehead atoms. The quantitative estimate of drug-likeness (QED) is 0.888. The maximum Gasteiger partial charge on any atom is 0.0924 e. The van der Waals surface area contributed by atoms with E-state index in [1.165, 1.54) is 48.7 Å². The van der Waals surface area contributed by atoms with Gasteiger partial charge in [-0.05, 0) is 43.5 Å². The maximum atomic E-state index is 5.63. The molecule has 0 unspecified atom stereocenters. The van der Waals surface area contributed by atoms with Gasteiger partial charge in [0.15, 0.2) is 0 Å². The van der Waals surface area contributed by atoms with E-state index in [0.29, 0.717) is 6.54 Å². The highest BCUT2D eigenvalue weighted by atomic mass is 15.2. The third kappa shape index (κ3) is 3.27. The van der Waals surface area contributed by atoms with E-state index in [1.807, 2.05) is 0 Å². The zero-order valence-corrected chi connectivity index (χ0v) is 12.9. The average molecular weight is 286 g/mol. The Balaban J connectivity index is 1.84. The van der Waals surface area contributed by atoms with E-state index in [2.05, 4.69) is 40.3 Å². The molecule has 0 atom stereocenters. The van der Waals surface area contributed by atoms with Crippen LogP contribution < -0.4 is 5.73 Å². The van der Waals surface area contributed by atoms with E-state index in [0.717, 1.165) is 24.5 Å². The molecular weight excluding hydrogens is 260 g/mol. The second-order valence-corrected chi connectivity index (χ2v) is 6.34. The molecule has 1 aromatic carbocycles. The first-order valence-corrected chi connectivity index (χ1v) is 8.13. The Morgan fingerprint density at radius 3 is 2.86 bits per heavy atom. The number of nitrogens with zero attached hydrogens (tertiary/aromatic N) is 2. The van der Waals surface area contributed by atoms with Crippen LogP contribution in [0.15, 0.2) is 18.2 Å². The first-order chi connectivity index (χ1) is 10.3. The Hall–Kier alpha value is -1.39. The molecule has 1 aliphatic carbocycles. The molecular formula is C17H26N4. The lowest BCUT2D eigenvalue weighted by Crippen LogP contribution is -2.25. The number of rotatable bonds is 5. The molecule has 21 heavy (non-hydrogen) atoms. The van der Waals surface area contributed by atoms with Crippen LogP contribution >= 0.6 is 0 Å². The fourth-order valence-corrected chi connectivity index (χ4v) is 3.46. The molecule has 4 heteroatoms. The molecule has 3 rings (SSSR count). The highest BCUT2D eigenvalue weighted by Crippen LogP contribution is 2.34. The Kier molecular flexibility index (Phi) is 4.56. The highest BCUT2D eigenvalue weighted by molar-refractivity contribution is 5.82. The predicted octanol–water partition coefficient (Wildman–Crippen LogP) is 3.00. The molecule has 4 nitrogen and oxygen atoms in total. The van der Waals surface area contributed by atoms with Gasteiger partial charge in [0.2, 0.25) is 0 Å². The van der Waals surface area contributed by atoms with E-state index in [-0.39, 0.29) is 0 Å². The smallest absolute Gasteiger partial charge is 0.0924 e. The largest absolute Gasteiger partial charge is 0.329 e. The average Bonchev–Trinajstić information content (AvgIpc) is 2.91. The molecule has 1 aromatic heterocycles. The van der Waals surface area contributed by atoms with Crippen LogP contribution in [0.3, 0.4) is 0 Å². The number of hydrogen-bond acceptors (Lipinski definition) is 3. The van der Waals surface area contributed by atoms with Gasteiger partial charge in [0.05, 0.1) is 11.2 Å². The number of benzene rings is 1. The van der Waals surface area contributed by atoms with Crippen molar-refractivity contribution >= 4 is 10.9 Å². The number of nitrogens with one attached hydrogen (secondary N) is 1. The van der Waals surface area contributed by atoms with Crippen molar-refractivity contribution in [1.29, 1.82) is 0 Å². The van der Waals surface area contributed by atoms with Crippen molar-refractivity contribution in [2.24, 2.45) is 5.73 Å². The minimum Gasteiger partial charge on any atom is -0.329 e. The van der Waals surface area contributed by atoms with Crippen LogP contribution in [-0.4, -0.2) is 35.2 Å². The molecule has 0 saturated heterocycles. The molecule has 0 spiro atoms. The van der Waals surface area contributed by atoms with Gasteiger partial charge in [0.25, 0.3) is 0 Å². The van der Waals surface area contributed by atoms with E-state index < -0.39 is 0 Å². The van der Waals surface area contributed by atoms with Crippen LogP contribution in [-0.2, 0) is 6.54 Å². The summed E-state index contributed by atoms with van der Waals surface area (Å²) in [6.07, 6.45) is 6.83. The first kappa shape index (κ1) is 14.5. The van der Waals surface area contributed by atoms with Crippen LogP contribution in [0.2, 0.25) is 0 Å². The van der Waals surface area contributed by atoms with E-state index in [9.17, 15) is 0 Å². The van der Waals surface area contributed by atoms with Crippen LogP contribution in [0, 0.1) is 0 Å². The van der Waals surface area contributed by atoms with Crippen molar-refractivity contribution in [3.05, 3.63) is 29.5 Å². The van der Waals surface area contributed by atoms with Crippen LogP contribution in [0.5, 0.6) is 0 Å². The number of H-pyrrole nitrogens is 1. The lowest BCUT2D eigenvalue weighted by atomic mass is 9.84. The van der Waals surface area contributed by atoms with Gasteiger partial charge < -0.3 is 5.73 Å². The van der Waals surface area contributed by atoms with Gasteiger partial charge in [-0.1, -0.05) is 25.3 Å². The van der Waals surface area contributed by atoms with Crippen molar-refractivity contribution < 1.29 is 0 Å². The van der Waals surface area contributed by atoms with Gasteiger partial charge in [-0.15, -0.1) is 0 Å². The van der Waals surface area contributed by atoms with Crippen molar-refractivity contribution in [2.75, 3.05) is 20.1 Å². The number of aromatic amines is 1. The summed E-state index contributed by atoms with van der Waals surface area (Å²) in [5.41, 5.74) is 9.40. The first-order valence-electron chi connectivity index (χ1n) is 8.13. The van der Waals surface area contributed by atoms with Crippen LogP contribution in [0.4, 0.5) is 0 Å². The number of likely N-dealkylation sites (N-methyl/N-ethyl adjacent to an activating group) is 1. The van der Waals surface area contributed by atoms with Crippen molar-refractivity contribution in [1.82, 2.24) is 15.1 Å². The summed E-state index contributed by atoms with van der Waals surface area (Å²) < 4.78 is 0. The Morgan fingerprint density at radius 1 is 1.29 bits per heavy atom. The number of nitrogens with two attached hydrogens (primary N) is 1. The Bertz CT molecular complexity index is 583. The SMILES string of the molecule is CN(CCN)Cc1[nH]nc2ccc(C3CCCCC3)cc12. The molecule has 0 aliphatic heterocycles. The lowest BCUT2D eigenvalue weighted by molar-refractivity contribution is 0.333. The van der Waals surface area contributed by atoms with Crippen molar-refractivity contribution in [2.45, 2.75) is 44.6 Å². The van der Waals surface area contributed by atoms with Gasteiger partial charge in [-0.25, -0.2) is 0 Å². The summed E-state index contributed by atoms with van der Waals surface area (Å²) in [6.45, 7) is 2.47. The second kappa shape index (κ2) is 6.58. The molecule has 0 radical (unpaired) electrons. The molecule has 1 saturated carbocycles. The monoisotopic (exact) mass is 286 g/mol. The summed E-state index contributed by atoms with van der Waals surface area (Å²) in [4.78, 5) is 2.24. The minimum absolute atomic E-state index is 0.690. The molecule has 1 heterocycles. The third-order valence-electron chi connectivity index (χ3n) is 4.67. The Morgan fingerprint density at radius 2 is 2.10 bits per heavy atom. The minimum atomic E-state index is 0.690. The van der Waals surface area contributed by atoms with Gasteiger partial charge in [0.1, 0.15) is 0 Å². The zero-order valence-electron chi connectivity index (χ0n) is 12.9. The number of hydrogen-bond donors (Lipinski definition) is 2. The summed E-state index contributed by atoms with van der Waals surface area (Å²) in [5.74, 6) is 0.743. The molecule has 114 valence electrons. The molecule has 0 amide bonds. The second-order valence-electron chi connectivity index (χ2n) is 6.34. The van der Waals surface area contributed by atoms with Crippen molar-refractivity contribution in [3.63, 3.8) is 0 Å².